The van der Waals surface area contributed by atoms with Gasteiger partial charge in [0.25, 0.3) is 0 Å². The van der Waals surface area contributed by atoms with E-state index in [9.17, 15) is 15.3 Å². The van der Waals surface area contributed by atoms with Gasteiger partial charge in [0.15, 0.2) is 0 Å². The molecule has 9 atom stereocenters. The van der Waals surface area contributed by atoms with Crippen LogP contribution < -0.4 is 0 Å². The molecule has 0 saturated heterocycles. The summed E-state index contributed by atoms with van der Waals surface area (Å²) in [4.78, 5) is 0. The van der Waals surface area contributed by atoms with E-state index in [1.807, 2.05) is 13.8 Å². The van der Waals surface area contributed by atoms with Gasteiger partial charge in [-0.1, -0.05) is 13.8 Å². The van der Waals surface area contributed by atoms with Crippen molar-refractivity contribution in [3.8, 4) is 0 Å². The van der Waals surface area contributed by atoms with Crippen LogP contribution in [0.25, 0.3) is 0 Å². The van der Waals surface area contributed by atoms with Gasteiger partial charge in [-0.2, -0.15) is 0 Å². The summed E-state index contributed by atoms with van der Waals surface area (Å²) >= 11 is 0. The Kier molecular flexibility index (Phi) is 3.56. The third-order valence-electron chi connectivity index (χ3n) is 9.27. The lowest BCUT2D eigenvalue weighted by Crippen LogP contribution is -2.70. The summed E-state index contributed by atoms with van der Waals surface area (Å²) in [6.45, 7) is 5.95. The van der Waals surface area contributed by atoms with E-state index >= 15 is 4.39 Å². The Balaban J connectivity index is 1.76. The fourth-order valence-electron chi connectivity index (χ4n) is 7.46. The maximum absolute atomic E-state index is 16.7. The quantitative estimate of drug-likeness (QED) is 0.635. The monoisotopic (exact) mass is 340 g/mol. The number of aliphatic hydroxyl groups is 3. The van der Waals surface area contributed by atoms with E-state index in [4.69, 9.17) is 0 Å². The van der Waals surface area contributed by atoms with E-state index in [1.54, 1.807) is 0 Å². The molecule has 0 aromatic carbocycles. The highest BCUT2D eigenvalue weighted by Crippen LogP contribution is 2.70. The Morgan fingerprint density at radius 1 is 0.875 bits per heavy atom. The van der Waals surface area contributed by atoms with Crippen molar-refractivity contribution >= 4 is 0 Å². The smallest absolute Gasteiger partial charge is 0.145 e. The third kappa shape index (κ3) is 1.83. The molecule has 0 amide bonds. The minimum atomic E-state index is -1.58. The largest absolute Gasteiger partial charge is 0.393 e. The summed E-state index contributed by atoms with van der Waals surface area (Å²) in [5, 5.41) is 32.0. The standard InChI is InChI=1S/C20H33FO3/c1-17-8-6-13(22)10-12(17)4-5-15-14-7-9-19(3,24)18(14,2)11-16(23)20(15,17)21/h12-16,22-24H,4-11H2,1-3H3/t12-,13+,14-,15-,16+,17-,18-,19+,20-/m0/s1. The highest BCUT2D eigenvalue weighted by atomic mass is 19.1. The van der Waals surface area contributed by atoms with Crippen LogP contribution in [0.5, 0.6) is 0 Å². The molecule has 4 aliphatic carbocycles. The number of halogens is 1. The zero-order valence-corrected chi connectivity index (χ0v) is 15.3. The van der Waals surface area contributed by atoms with Gasteiger partial charge in [0, 0.05) is 10.8 Å². The number of alkyl halides is 1. The highest BCUT2D eigenvalue weighted by molar-refractivity contribution is 5.22. The van der Waals surface area contributed by atoms with Gasteiger partial charge in [-0.05, 0) is 76.0 Å². The second-order valence-corrected chi connectivity index (χ2v) is 10.1. The van der Waals surface area contributed by atoms with Gasteiger partial charge in [-0.15, -0.1) is 0 Å². The molecule has 3 N–H and O–H groups in total. The molecular formula is C20H33FO3. The van der Waals surface area contributed by atoms with Crippen LogP contribution in [-0.2, 0) is 0 Å². The molecule has 0 radical (unpaired) electrons. The topological polar surface area (TPSA) is 60.7 Å². The molecule has 0 spiro atoms. The van der Waals surface area contributed by atoms with Crippen molar-refractivity contribution in [3.63, 3.8) is 0 Å². The second-order valence-electron chi connectivity index (χ2n) is 10.1. The summed E-state index contributed by atoms with van der Waals surface area (Å²) in [6, 6.07) is 0. The van der Waals surface area contributed by atoms with E-state index in [0.29, 0.717) is 32.1 Å². The Bertz CT molecular complexity index is 537. The fourth-order valence-corrected chi connectivity index (χ4v) is 7.46. The van der Waals surface area contributed by atoms with E-state index < -0.39 is 28.2 Å². The van der Waals surface area contributed by atoms with Crippen LogP contribution in [0, 0.1) is 28.6 Å². The van der Waals surface area contributed by atoms with Crippen LogP contribution >= 0.6 is 0 Å². The van der Waals surface area contributed by atoms with Crippen molar-refractivity contribution in [2.24, 2.45) is 28.6 Å². The Labute approximate surface area is 144 Å². The number of rotatable bonds is 0. The average molecular weight is 340 g/mol. The van der Waals surface area contributed by atoms with Gasteiger partial charge in [-0.25, -0.2) is 4.39 Å². The predicted octanol–water partition coefficient (Wildman–Crippen LogP) is 3.20. The lowest BCUT2D eigenvalue weighted by atomic mass is 9.42. The average Bonchev–Trinajstić information content (AvgIpc) is 2.72. The Morgan fingerprint density at radius 2 is 1.58 bits per heavy atom. The minimum Gasteiger partial charge on any atom is -0.393 e. The first-order valence-corrected chi connectivity index (χ1v) is 9.84. The van der Waals surface area contributed by atoms with Gasteiger partial charge in [0.1, 0.15) is 5.67 Å². The van der Waals surface area contributed by atoms with Gasteiger partial charge < -0.3 is 15.3 Å². The van der Waals surface area contributed by atoms with Crippen molar-refractivity contribution < 1.29 is 19.7 Å². The van der Waals surface area contributed by atoms with Crippen molar-refractivity contribution in [1.29, 1.82) is 0 Å². The van der Waals surface area contributed by atoms with Crippen molar-refractivity contribution in [3.05, 3.63) is 0 Å². The fraction of sp³-hybridized carbons (Fsp3) is 1.00. The number of fused-ring (bicyclic) bond motifs is 5. The third-order valence-corrected chi connectivity index (χ3v) is 9.27. The number of hydrogen-bond acceptors (Lipinski definition) is 3. The molecule has 0 aromatic heterocycles. The first-order valence-electron chi connectivity index (χ1n) is 9.84. The van der Waals surface area contributed by atoms with E-state index in [0.717, 1.165) is 19.3 Å². The lowest BCUT2D eigenvalue weighted by molar-refractivity contribution is -0.260. The molecule has 0 heterocycles. The summed E-state index contributed by atoms with van der Waals surface area (Å²) in [5.41, 5.74) is -3.35. The van der Waals surface area contributed by atoms with E-state index in [-0.39, 0.29) is 23.9 Å². The van der Waals surface area contributed by atoms with Crippen LogP contribution in [0.4, 0.5) is 4.39 Å². The van der Waals surface area contributed by atoms with Crippen LogP contribution in [0.15, 0.2) is 0 Å². The van der Waals surface area contributed by atoms with Crippen LogP contribution in [0.1, 0.15) is 72.1 Å². The lowest BCUT2D eigenvalue weighted by Gasteiger charge is -2.65. The summed E-state index contributed by atoms with van der Waals surface area (Å²) in [7, 11) is 0. The maximum Gasteiger partial charge on any atom is 0.145 e. The maximum atomic E-state index is 16.7. The van der Waals surface area contributed by atoms with E-state index in [2.05, 4.69) is 6.92 Å². The zero-order chi connectivity index (χ0) is 17.5. The molecule has 0 aromatic rings. The van der Waals surface area contributed by atoms with Crippen molar-refractivity contribution in [2.45, 2.75) is 95.6 Å². The number of hydrogen-bond donors (Lipinski definition) is 3. The Morgan fingerprint density at radius 3 is 2.29 bits per heavy atom. The summed E-state index contributed by atoms with van der Waals surface area (Å²) in [6.07, 6.45) is 4.24. The van der Waals surface area contributed by atoms with E-state index in [1.165, 1.54) is 0 Å². The molecule has 4 saturated carbocycles. The minimum absolute atomic E-state index is 0.144. The molecule has 4 fully saturated rings. The summed E-state index contributed by atoms with van der Waals surface area (Å²) in [5.74, 6) is 0.130. The van der Waals surface area contributed by atoms with Crippen molar-refractivity contribution in [1.82, 2.24) is 0 Å². The zero-order valence-electron chi connectivity index (χ0n) is 15.3. The van der Waals surface area contributed by atoms with Gasteiger partial charge in [0.2, 0.25) is 0 Å². The van der Waals surface area contributed by atoms with Crippen LogP contribution in [0.3, 0.4) is 0 Å². The molecule has 0 aliphatic heterocycles. The van der Waals surface area contributed by atoms with Gasteiger partial charge in [-0.3, -0.25) is 0 Å². The number of aliphatic hydroxyl groups excluding tert-OH is 2. The molecule has 24 heavy (non-hydrogen) atoms. The normalized spacial score (nSPS) is 63.4. The molecule has 4 rings (SSSR count). The van der Waals surface area contributed by atoms with Gasteiger partial charge >= 0.3 is 0 Å². The molecule has 4 aliphatic rings. The van der Waals surface area contributed by atoms with Gasteiger partial charge in [0.05, 0.1) is 17.8 Å². The SMILES string of the molecule is C[C@]12CC[C@@H](O)C[C@@H]1CC[C@H]1[C@@H]3CC[C@@](C)(O)[C@@]3(C)C[C@@H](O)[C@@]12F. The molecular weight excluding hydrogens is 307 g/mol. The molecule has 4 heteroatoms. The van der Waals surface area contributed by atoms with Crippen LogP contribution in [0.2, 0.25) is 0 Å². The van der Waals surface area contributed by atoms with Crippen LogP contribution in [-0.4, -0.2) is 38.8 Å². The molecule has 0 unspecified atom stereocenters. The predicted molar refractivity (Wildman–Crippen MR) is 90.1 cm³/mol. The molecule has 3 nitrogen and oxygen atoms in total. The van der Waals surface area contributed by atoms with Crippen molar-refractivity contribution in [2.75, 3.05) is 0 Å². The highest BCUT2D eigenvalue weighted by Gasteiger charge is 2.73. The molecule has 0 bridgehead atoms. The Hall–Kier alpha value is -0.190. The molecule has 138 valence electrons. The first-order chi connectivity index (χ1) is 11.1. The second kappa shape index (κ2) is 4.95. The first kappa shape index (κ1) is 17.2. The summed E-state index contributed by atoms with van der Waals surface area (Å²) < 4.78 is 16.7.